The van der Waals surface area contributed by atoms with Gasteiger partial charge in [0, 0.05) is 24.8 Å². The van der Waals surface area contributed by atoms with E-state index in [2.05, 4.69) is 61.4 Å². The minimum absolute atomic E-state index is 0.0563. The lowest BCUT2D eigenvalue weighted by Crippen LogP contribution is -2.20. The van der Waals surface area contributed by atoms with E-state index in [0.717, 1.165) is 37.7 Å². The SMILES string of the molecule is CC(C)(C)c1nccc(NC(CC2CCOC2)c2ccccc2)n1. The molecule has 0 radical (unpaired) electrons. The van der Waals surface area contributed by atoms with Gasteiger partial charge in [0.15, 0.2) is 0 Å². The lowest BCUT2D eigenvalue weighted by atomic mass is 9.94. The van der Waals surface area contributed by atoms with Gasteiger partial charge in [-0.25, -0.2) is 9.97 Å². The van der Waals surface area contributed by atoms with Crippen molar-refractivity contribution in [3.8, 4) is 0 Å². The molecule has 0 spiro atoms. The van der Waals surface area contributed by atoms with Crippen LogP contribution < -0.4 is 5.32 Å². The second-order valence-corrected chi connectivity index (χ2v) is 7.59. The van der Waals surface area contributed by atoms with E-state index in [9.17, 15) is 0 Å². The zero-order chi connectivity index (χ0) is 17.0. The molecule has 0 aliphatic carbocycles. The van der Waals surface area contributed by atoms with Crippen molar-refractivity contribution >= 4 is 5.82 Å². The fraction of sp³-hybridized carbons (Fsp3) is 0.500. The molecule has 2 unspecified atom stereocenters. The van der Waals surface area contributed by atoms with Crippen molar-refractivity contribution in [1.29, 1.82) is 0 Å². The largest absolute Gasteiger partial charge is 0.381 e. The first kappa shape index (κ1) is 16.9. The number of hydrogen-bond donors (Lipinski definition) is 1. The Morgan fingerprint density at radius 2 is 2.00 bits per heavy atom. The number of aromatic nitrogens is 2. The van der Waals surface area contributed by atoms with E-state index in [1.54, 1.807) is 0 Å². The highest BCUT2D eigenvalue weighted by atomic mass is 16.5. The number of nitrogens with one attached hydrogen (secondary N) is 1. The molecule has 1 N–H and O–H groups in total. The van der Waals surface area contributed by atoms with E-state index in [4.69, 9.17) is 9.72 Å². The predicted molar refractivity (Wildman–Crippen MR) is 97.1 cm³/mol. The van der Waals surface area contributed by atoms with Crippen LogP contribution in [0.3, 0.4) is 0 Å². The molecule has 128 valence electrons. The van der Waals surface area contributed by atoms with Crippen molar-refractivity contribution in [2.24, 2.45) is 5.92 Å². The summed E-state index contributed by atoms with van der Waals surface area (Å²) in [5.74, 6) is 2.36. The quantitative estimate of drug-likeness (QED) is 0.887. The Morgan fingerprint density at radius 1 is 1.21 bits per heavy atom. The summed E-state index contributed by atoms with van der Waals surface area (Å²) in [6, 6.07) is 12.8. The summed E-state index contributed by atoms with van der Waals surface area (Å²) in [5.41, 5.74) is 1.24. The number of benzene rings is 1. The lowest BCUT2D eigenvalue weighted by Gasteiger charge is -2.24. The number of nitrogens with zero attached hydrogens (tertiary/aromatic N) is 2. The molecule has 1 aliphatic rings. The Bertz CT molecular complexity index is 645. The van der Waals surface area contributed by atoms with Gasteiger partial charge < -0.3 is 10.1 Å². The van der Waals surface area contributed by atoms with Crippen LogP contribution in [0.5, 0.6) is 0 Å². The molecule has 1 aliphatic heterocycles. The third kappa shape index (κ3) is 4.32. The van der Waals surface area contributed by atoms with Gasteiger partial charge in [0.2, 0.25) is 0 Å². The first-order chi connectivity index (χ1) is 11.5. The van der Waals surface area contributed by atoms with Gasteiger partial charge in [0.25, 0.3) is 0 Å². The molecule has 2 aromatic rings. The second kappa shape index (κ2) is 7.31. The molecule has 4 heteroatoms. The molecular formula is C20H27N3O. The first-order valence-corrected chi connectivity index (χ1v) is 8.75. The van der Waals surface area contributed by atoms with Gasteiger partial charge in [-0.1, -0.05) is 51.1 Å². The van der Waals surface area contributed by atoms with Crippen molar-refractivity contribution in [3.63, 3.8) is 0 Å². The highest BCUT2D eigenvalue weighted by Gasteiger charge is 2.23. The fourth-order valence-corrected chi connectivity index (χ4v) is 3.05. The Kier molecular flexibility index (Phi) is 5.14. The molecule has 1 aromatic heterocycles. The molecule has 4 nitrogen and oxygen atoms in total. The molecule has 1 aromatic carbocycles. The van der Waals surface area contributed by atoms with Crippen LogP contribution in [0.25, 0.3) is 0 Å². The Morgan fingerprint density at radius 3 is 2.67 bits per heavy atom. The van der Waals surface area contributed by atoms with Crippen LogP contribution in [0.1, 0.15) is 51.0 Å². The van der Waals surface area contributed by atoms with Gasteiger partial charge in [-0.2, -0.15) is 0 Å². The number of anilines is 1. The van der Waals surface area contributed by atoms with Crippen molar-refractivity contribution in [3.05, 3.63) is 54.0 Å². The van der Waals surface area contributed by atoms with Gasteiger partial charge >= 0.3 is 0 Å². The van der Waals surface area contributed by atoms with Gasteiger partial charge in [0.05, 0.1) is 6.04 Å². The third-order valence-corrected chi connectivity index (χ3v) is 4.44. The van der Waals surface area contributed by atoms with Crippen LogP contribution in [-0.2, 0) is 10.2 Å². The summed E-state index contributed by atoms with van der Waals surface area (Å²) in [5, 5.41) is 3.63. The smallest absolute Gasteiger partial charge is 0.135 e. The summed E-state index contributed by atoms with van der Waals surface area (Å²) in [7, 11) is 0. The summed E-state index contributed by atoms with van der Waals surface area (Å²) < 4.78 is 5.55. The van der Waals surface area contributed by atoms with Crippen molar-refractivity contribution in [2.75, 3.05) is 18.5 Å². The van der Waals surface area contributed by atoms with E-state index >= 15 is 0 Å². The molecule has 2 atom stereocenters. The average Bonchev–Trinajstić information content (AvgIpc) is 3.08. The monoisotopic (exact) mass is 325 g/mol. The molecule has 0 amide bonds. The summed E-state index contributed by atoms with van der Waals surface area (Å²) in [6.45, 7) is 8.15. The van der Waals surface area contributed by atoms with Crippen molar-refractivity contribution in [1.82, 2.24) is 9.97 Å². The van der Waals surface area contributed by atoms with Gasteiger partial charge in [0.1, 0.15) is 11.6 Å². The maximum atomic E-state index is 5.55. The summed E-state index contributed by atoms with van der Waals surface area (Å²) in [4.78, 5) is 9.15. The number of ether oxygens (including phenoxy) is 1. The Hall–Kier alpha value is -1.94. The molecule has 2 heterocycles. The molecular weight excluding hydrogens is 298 g/mol. The standard InChI is InChI=1S/C20H27N3O/c1-20(2,3)19-21-11-9-18(23-19)22-17(13-15-10-12-24-14-15)16-7-5-4-6-8-16/h4-9,11,15,17H,10,12-14H2,1-3H3,(H,21,22,23). The topological polar surface area (TPSA) is 47.0 Å². The van der Waals surface area contributed by atoms with Crippen LogP contribution in [0.15, 0.2) is 42.6 Å². The van der Waals surface area contributed by atoms with Gasteiger partial charge in [-0.05, 0) is 30.4 Å². The van der Waals surface area contributed by atoms with E-state index in [1.165, 1.54) is 5.56 Å². The van der Waals surface area contributed by atoms with E-state index in [0.29, 0.717) is 5.92 Å². The van der Waals surface area contributed by atoms with Gasteiger partial charge in [-0.3, -0.25) is 0 Å². The van der Waals surface area contributed by atoms with Crippen LogP contribution >= 0.6 is 0 Å². The fourth-order valence-electron chi connectivity index (χ4n) is 3.05. The minimum Gasteiger partial charge on any atom is -0.381 e. The summed E-state index contributed by atoms with van der Waals surface area (Å²) in [6.07, 6.45) is 4.04. The zero-order valence-electron chi connectivity index (χ0n) is 14.8. The van der Waals surface area contributed by atoms with E-state index in [1.807, 2.05) is 12.3 Å². The third-order valence-electron chi connectivity index (χ3n) is 4.44. The molecule has 24 heavy (non-hydrogen) atoms. The maximum absolute atomic E-state index is 5.55. The molecule has 3 rings (SSSR count). The van der Waals surface area contributed by atoms with Crippen LogP contribution in [0, 0.1) is 5.92 Å². The van der Waals surface area contributed by atoms with E-state index < -0.39 is 0 Å². The second-order valence-electron chi connectivity index (χ2n) is 7.59. The van der Waals surface area contributed by atoms with Crippen LogP contribution in [0.2, 0.25) is 0 Å². The minimum atomic E-state index is -0.0563. The van der Waals surface area contributed by atoms with Crippen molar-refractivity contribution < 1.29 is 4.74 Å². The zero-order valence-corrected chi connectivity index (χ0v) is 14.8. The first-order valence-electron chi connectivity index (χ1n) is 8.75. The summed E-state index contributed by atoms with van der Waals surface area (Å²) >= 11 is 0. The Balaban J connectivity index is 1.81. The molecule has 1 saturated heterocycles. The highest BCUT2D eigenvalue weighted by Crippen LogP contribution is 2.29. The predicted octanol–water partition coefficient (Wildman–Crippen LogP) is 4.35. The van der Waals surface area contributed by atoms with Crippen molar-refractivity contribution in [2.45, 2.75) is 45.1 Å². The average molecular weight is 325 g/mol. The molecule has 0 bridgehead atoms. The lowest BCUT2D eigenvalue weighted by molar-refractivity contribution is 0.183. The normalized spacial score (nSPS) is 19.2. The number of rotatable bonds is 5. The van der Waals surface area contributed by atoms with Gasteiger partial charge in [-0.15, -0.1) is 0 Å². The van der Waals surface area contributed by atoms with E-state index in [-0.39, 0.29) is 11.5 Å². The van der Waals surface area contributed by atoms with Crippen LogP contribution in [-0.4, -0.2) is 23.2 Å². The molecule has 0 saturated carbocycles. The Labute approximate surface area is 144 Å². The molecule has 1 fully saturated rings. The number of hydrogen-bond acceptors (Lipinski definition) is 4. The van der Waals surface area contributed by atoms with Crippen LogP contribution in [0.4, 0.5) is 5.82 Å². The maximum Gasteiger partial charge on any atom is 0.135 e. The highest BCUT2D eigenvalue weighted by molar-refractivity contribution is 5.38.